The summed E-state index contributed by atoms with van der Waals surface area (Å²) in [5, 5.41) is 41.3. The van der Waals surface area contributed by atoms with Crippen LogP contribution in [0.1, 0.15) is 0 Å². The fourth-order valence-corrected chi connectivity index (χ4v) is 6.49. The molecule has 7 rings (SSSR count). The van der Waals surface area contributed by atoms with E-state index >= 15 is 0 Å². The number of hydrogen-bond acceptors (Lipinski definition) is 8. The summed E-state index contributed by atoms with van der Waals surface area (Å²) in [7, 11) is 0. The van der Waals surface area contributed by atoms with Gasteiger partial charge in [0.2, 0.25) is 0 Å². The van der Waals surface area contributed by atoms with Gasteiger partial charge in [-0.2, -0.15) is 21.0 Å². The Morgan fingerprint density at radius 1 is 0.404 bits per heavy atom. The van der Waals surface area contributed by atoms with Crippen molar-refractivity contribution in [3.8, 4) is 69.3 Å². The smallest absolute Gasteiger partial charge is 0.141 e. The molecule has 8 nitrogen and oxygen atoms in total. The van der Waals surface area contributed by atoms with Gasteiger partial charge in [0.25, 0.3) is 0 Å². The summed E-state index contributed by atoms with van der Waals surface area (Å²) in [6.07, 6.45) is 0. The normalized spacial score (nSPS) is 10.6. The topological polar surface area (TPSA) is 147 Å². The van der Waals surface area contributed by atoms with E-state index in [1.807, 2.05) is 72.8 Å². The third-order valence-corrected chi connectivity index (χ3v) is 9.60. The second-order valence-electron chi connectivity index (χ2n) is 11.2. The molecule has 0 atom stereocenters. The Bertz CT molecular complexity index is 2510. The highest BCUT2D eigenvalue weighted by atomic mass is 127. The zero-order valence-corrected chi connectivity index (χ0v) is 30.6. The lowest BCUT2D eigenvalue weighted by Crippen LogP contribution is -2.24. The van der Waals surface area contributed by atoms with Crippen LogP contribution in [0.25, 0.3) is 78.2 Å². The first-order chi connectivity index (χ1) is 25.2. The maximum absolute atomic E-state index is 14.1. The molecule has 0 saturated carbocycles. The van der Waals surface area contributed by atoms with Gasteiger partial charge in [0.1, 0.15) is 69.1 Å². The van der Waals surface area contributed by atoms with Crippen molar-refractivity contribution >= 4 is 78.4 Å². The zero-order chi connectivity index (χ0) is 36.5. The van der Waals surface area contributed by atoms with Crippen LogP contribution < -0.4 is 10.4 Å². The van der Waals surface area contributed by atoms with Crippen molar-refractivity contribution in [2.24, 2.45) is 0 Å². The van der Waals surface area contributed by atoms with E-state index < -0.39 is 11.6 Å². The summed E-state index contributed by atoms with van der Waals surface area (Å²) >= 11 is 4.35. The lowest BCUT2D eigenvalue weighted by atomic mass is 9.99. The van der Waals surface area contributed by atoms with E-state index in [4.69, 9.17) is 19.9 Å². The van der Waals surface area contributed by atoms with Gasteiger partial charge in [0, 0.05) is 29.4 Å². The molecule has 0 fully saturated rings. The predicted molar refractivity (Wildman–Crippen MR) is 208 cm³/mol. The molecule has 12 heteroatoms. The molecule has 0 radical (unpaired) electrons. The van der Waals surface area contributed by atoms with Gasteiger partial charge in [-0.1, -0.05) is 24.3 Å². The van der Waals surface area contributed by atoms with Gasteiger partial charge in [-0.25, -0.2) is 28.7 Å². The van der Waals surface area contributed by atoms with E-state index in [0.717, 1.165) is 7.14 Å². The monoisotopic (exact) mass is 900 g/mol. The Hall–Kier alpha value is -6.20. The molecule has 52 heavy (non-hydrogen) atoms. The second-order valence-corrected chi connectivity index (χ2v) is 13.7. The minimum atomic E-state index is -0.471. The standard InChI is InChI=1S/C40H16F2I2N8/c41-27-9-1-21(2-10-27)33-35(23-5-13-29(43)14-6-23)51-39-32(26(19-47)20-48)40-38(31(37(39)49-33)25(17-45)18-46)50-34(22-3-11-28(42)12-4-22)36(52-40)24-7-15-30(44)16-8-24/h1-16H. The molecule has 2 aromatic heterocycles. The SMILES string of the molecule is N#CC(C#N)=c1c2nc(-c3ccc(F)cc3)c(-c3ccc(I)cc3)nc2c(=C(C#N)C#N)c2nc(-c3ccc(I)cc3)c(-c3ccc(F)cc3)nc12. The van der Waals surface area contributed by atoms with Gasteiger partial charge in [-0.3, -0.25) is 0 Å². The molecule has 244 valence electrons. The van der Waals surface area contributed by atoms with Crippen molar-refractivity contribution in [2.45, 2.75) is 0 Å². The molecule has 2 heterocycles. The molecule has 0 aliphatic rings. The van der Waals surface area contributed by atoms with Gasteiger partial charge >= 0.3 is 0 Å². The van der Waals surface area contributed by atoms with Crippen LogP contribution in [0, 0.1) is 64.1 Å². The molecule has 0 aliphatic heterocycles. The van der Waals surface area contributed by atoms with Crippen molar-refractivity contribution < 1.29 is 8.78 Å². The molecule has 0 saturated heterocycles. The summed E-state index contributed by atoms with van der Waals surface area (Å²) in [4.78, 5) is 20.1. The summed E-state index contributed by atoms with van der Waals surface area (Å²) in [5.74, 6) is -0.941. The quantitative estimate of drug-likeness (QED) is 0.127. The molecule has 0 spiro atoms. The highest BCUT2D eigenvalue weighted by molar-refractivity contribution is 14.1. The molecule has 0 unspecified atom stereocenters. The van der Waals surface area contributed by atoms with Crippen LogP contribution in [0.15, 0.2) is 97.1 Å². The molecule has 5 aromatic carbocycles. The Balaban J connectivity index is 1.79. The van der Waals surface area contributed by atoms with E-state index in [9.17, 15) is 29.8 Å². The number of benzene rings is 5. The molecular formula is C40H16F2I2N8. The fraction of sp³-hybridized carbons (Fsp3) is 0. The summed E-state index contributed by atoms with van der Waals surface area (Å²) in [5.41, 5.74) is 2.76. The predicted octanol–water partition coefficient (Wildman–Crippen LogP) is 8.12. The van der Waals surface area contributed by atoms with Gasteiger partial charge in [0.15, 0.2) is 0 Å². The average Bonchev–Trinajstić information content (AvgIpc) is 3.16. The summed E-state index contributed by atoms with van der Waals surface area (Å²) in [6, 6.07) is 33.9. The first-order valence-electron chi connectivity index (χ1n) is 15.2. The van der Waals surface area contributed by atoms with Crippen LogP contribution >= 0.6 is 45.2 Å². The number of fused-ring (bicyclic) bond motifs is 2. The largest absolute Gasteiger partial charge is 0.243 e. The van der Waals surface area contributed by atoms with Crippen molar-refractivity contribution in [3.63, 3.8) is 0 Å². The van der Waals surface area contributed by atoms with Crippen molar-refractivity contribution in [3.05, 3.63) is 126 Å². The summed E-state index contributed by atoms with van der Waals surface area (Å²) in [6.45, 7) is 0. The van der Waals surface area contributed by atoms with Crippen LogP contribution in [0.4, 0.5) is 8.78 Å². The Labute approximate surface area is 321 Å². The maximum Gasteiger partial charge on any atom is 0.141 e. The highest BCUT2D eigenvalue weighted by Gasteiger charge is 2.24. The maximum atomic E-state index is 14.1. The van der Waals surface area contributed by atoms with Gasteiger partial charge in [-0.05, 0) is 118 Å². The number of nitriles is 4. The molecule has 7 aromatic rings. The first-order valence-corrected chi connectivity index (χ1v) is 17.4. The van der Waals surface area contributed by atoms with Crippen LogP contribution in [0.3, 0.4) is 0 Å². The molecule has 0 amide bonds. The lowest BCUT2D eigenvalue weighted by molar-refractivity contribution is 0.627. The molecular weight excluding hydrogens is 884 g/mol. The van der Waals surface area contributed by atoms with Gasteiger partial charge in [0.05, 0.1) is 33.2 Å². The van der Waals surface area contributed by atoms with E-state index in [0.29, 0.717) is 33.6 Å². The van der Waals surface area contributed by atoms with Crippen LogP contribution in [0.5, 0.6) is 0 Å². The van der Waals surface area contributed by atoms with E-state index in [1.54, 1.807) is 0 Å². The second kappa shape index (κ2) is 14.2. The van der Waals surface area contributed by atoms with E-state index in [1.165, 1.54) is 48.5 Å². The van der Waals surface area contributed by atoms with Crippen LogP contribution in [-0.2, 0) is 0 Å². The Morgan fingerprint density at radius 3 is 0.865 bits per heavy atom. The van der Waals surface area contributed by atoms with Crippen molar-refractivity contribution in [1.82, 2.24) is 19.9 Å². The average molecular weight is 900 g/mol. The Kier molecular flexibility index (Phi) is 9.35. The number of rotatable bonds is 4. The van der Waals surface area contributed by atoms with Gasteiger partial charge in [-0.15, -0.1) is 0 Å². The van der Waals surface area contributed by atoms with E-state index in [2.05, 4.69) is 45.2 Å². The van der Waals surface area contributed by atoms with Crippen LogP contribution in [-0.4, -0.2) is 19.9 Å². The summed E-state index contributed by atoms with van der Waals surface area (Å²) < 4.78 is 30.2. The van der Waals surface area contributed by atoms with Gasteiger partial charge < -0.3 is 0 Å². The molecule has 0 N–H and O–H groups in total. The highest BCUT2D eigenvalue weighted by Crippen LogP contribution is 2.34. The van der Waals surface area contributed by atoms with Crippen molar-refractivity contribution in [2.75, 3.05) is 0 Å². The lowest BCUT2D eigenvalue weighted by Gasteiger charge is -2.15. The fourth-order valence-electron chi connectivity index (χ4n) is 5.78. The third kappa shape index (κ3) is 6.20. The molecule has 0 bridgehead atoms. The number of aromatic nitrogens is 4. The van der Waals surface area contributed by atoms with E-state index in [-0.39, 0.29) is 55.0 Å². The molecule has 0 aliphatic carbocycles. The third-order valence-electron chi connectivity index (χ3n) is 8.16. The minimum Gasteiger partial charge on any atom is -0.243 e. The number of hydrogen-bond donors (Lipinski definition) is 0. The van der Waals surface area contributed by atoms with Crippen molar-refractivity contribution in [1.29, 1.82) is 21.0 Å². The van der Waals surface area contributed by atoms with Crippen LogP contribution in [0.2, 0.25) is 0 Å². The number of halogens is 4. The minimum absolute atomic E-state index is 0.00134. The first kappa shape index (κ1) is 34.3. The zero-order valence-electron chi connectivity index (χ0n) is 26.3. The Morgan fingerprint density at radius 2 is 0.635 bits per heavy atom. The number of nitrogens with zero attached hydrogens (tertiary/aromatic N) is 8.